The number of rotatable bonds is 2. The number of ether oxygens (including phenoxy) is 1. The maximum Gasteiger partial charge on any atom is 0.275 e. The molecule has 0 saturated carbocycles. The van der Waals surface area contributed by atoms with Gasteiger partial charge in [-0.1, -0.05) is 41.4 Å². The molecule has 2 aromatic carbocycles. The maximum absolute atomic E-state index is 12.8. The number of carbonyl (C=O) groups is 1. The molecule has 0 spiro atoms. The Bertz CT molecular complexity index is 950. The summed E-state index contributed by atoms with van der Waals surface area (Å²) < 4.78 is 5.37. The first-order valence-corrected chi connectivity index (χ1v) is 9.36. The third kappa shape index (κ3) is 3.86. The van der Waals surface area contributed by atoms with Gasteiger partial charge in [-0.05, 0) is 24.3 Å². The van der Waals surface area contributed by atoms with E-state index in [1.807, 2.05) is 23.1 Å². The third-order valence-electron chi connectivity index (χ3n) is 4.43. The predicted octanol–water partition coefficient (Wildman–Crippen LogP) is 3.96. The van der Waals surface area contributed by atoms with Crippen LogP contribution in [0.1, 0.15) is 11.1 Å². The summed E-state index contributed by atoms with van der Waals surface area (Å²) in [5.41, 5.74) is 3.05. The van der Waals surface area contributed by atoms with Crippen molar-refractivity contribution in [1.29, 1.82) is 0 Å². The van der Waals surface area contributed by atoms with Gasteiger partial charge in [0.2, 0.25) is 0 Å². The molecule has 0 atom stereocenters. The normalized spacial score (nSPS) is 18.6. The lowest BCUT2D eigenvalue weighted by Crippen LogP contribution is -2.33. The van der Waals surface area contributed by atoms with Gasteiger partial charge in [0.25, 0.3) is 5.91 Å². The van der Waals surface area contributed by atoms with Crippen LogP contribution in [0.25, 0.3) is 0 Å². The Morgan fingerprint density at radius 1 is 1.07 bits per heavy atom. The smallest absolute Gasteiger partial charge is 0.275 e. The fourth-order valence-electron chi connectivity index (χ4n) is 3.06. The molecule has 0 radical (unpaired) electrons. The first-order valence-electron chi connectivity index (χ1n) is 8.60. The lowest BCUT2D eigenvalue weighted by molar-refractivity contribution is -0.113. The molecule has 2 heterocycles. The van der Waals surface area contributed by atoms with Gasteiger partial charge in [0.15, 0.2) is 0 Å². The fraction of sp³-hybridized carbons (Fsp3) is 0.200. The summed E-state index contributed by atoms with van der Waals surface area (Å²) in [6, 6.07) is 12.7. The first kappa shape index (κ1) is 18.0. The molecule has 0 bridgehead atoms. The van der Waals surface area contributed by atoms with E-state index in [2.05, 4.69) is 5.32 Å². The summed E-state index contributed by atoms with van der Waals surface area (Å²) in [7, 11) is 0. The zero-order valence-corrected chi connectivity index (χ0v) is 15.9. The Labute approximate surface area is 167 Å². The van der Waals surface area contributed by atoms with Crippen molar-refractivity contribution in [2.75, 3.05) is 31.6 Å². The average molecular weight is 402 g/mol. The molecule has 0 unspecified atom stereocenters. The molecule has 27 heavy (non-hydrogen) atoms. The van der Waals surface area contributed by atoms with E-state index in [9.17, 15) is 4.79 Å². The molecule has 1 amide bonds. The van der Waals surface area contributed by atoms with Gasteiger partial charge in [-0.25, -0.2) is 4.99 Å². The van der Waals surface area contributed by atoms with Crippen molar-refractivity contribution in [3.05, 3.63) is 75.5 Å². The summed E-state index contributed by atoms with van der Waals surface area (Å²) in [5.74, 6) is -0.271. The highest BCUT2D eigenvalue weighted by Crippen LogP contribution is 2.30. The van der Waals surface area contributed by atoms with E-state index >= 15 is 0 Å². The number of hydrogen-bond donors (Lipinski definition) is 1. The summed E-state index contributed by atoms with van der Waals surface area (Å²) in [5, 5.41) is 4.04. The molecule has 2 aliphatic heterocycles. The Morgan fingerprint density at radius 3 is 2.63 bits per heavy atom. The van der Waals surface area contributed by atoms with Crippen molar-refractivity contribution in [2.24, 2.45) is 4.99 Å². The molecular formula is C20H17Cl2N3O2. The molecule has 1 N–H and O–H groups in total. The highest BCUT2D eigenvalue weighted by Gasteiger charge is 2.24. The minimum Gasteiger partial charge on any atom is -0.378 e. The third-order valence-corrected chi connectivity index (χ3v) is 4.99. The minimum atomic E-state index is -0.271. The number of carbonyl (C=O) groups excluding carboxylic acids is 1. The van der Waals surface area contributed by atoms with Gasteiger partial charge in [0.1, 0.15) is 5.70 Å². The lowest BCUT2D eigenvalue weighted by Gasteiger charge is -2.25. The molecule has 7 heteroatoms. The van der Waals surface area contributed by atoms with Crippen molar-refractivity contribution in [2.45, 2.75) is 0 Å². The second-order valence-electron chi connectivity index (χ2n) is 6.25. The van der Waals surface area contributed by atoms with Crippen molar-refractivity contribution >= 4 is 40.5 Å². The number of morpholine rings is 1. The highest BCUT2D eigenvalue weighted by molar-refractivity contribution is 6.37. The van der Waals surface area contributed by atoms with Crippen molar-refractivity contribution in [3.63, 3.8) is 0 Å². The number of nitrogens with one attached hydrogen (secondary N) is 1. The van der Waals surface area contributed by atoms with Crippen LogP contribution < -0.4 is 5.32 Å². The Balaban J connectivity index is 1.87. The second kappa shape index (κ2) is 7.72. The number of nitrogens with zero attached hydrogens (tertiary/aromatic N) is 2. The van der Waals surface area contributed by atoms with E-state index < -0.39 is 0 Å². The van der Waals surface area contributed by atoms with Crippen LogP contribution in [0.5, 0.6) is 0 Å². The number of hydrogen-bond acceptors (Lipinski definition) is 4. The molecule has 2 aromatic rings. The van der Waals surface area contributed by atoms with E-state index in [4.69, 9.17) is 32.9 Å². The van der Waals surface area contributed by atoms with Crippen LogP contribution in [-0.4, -0.2) is 42.8 Å². The zero-order valence-electron chi connectivity index (χ0n) is 14.4. The predicted molar refractivity (Wildman–Crippen MR) is 108 cm³/mol. The average Bonchev–Trinajstić information content (AvgIpc) is 2.80. The summed E-state index contributed by atoms with van der Waals surface area (Å²) in [4.78, 5) is 19.5. The molecule has 5 nitrogen and oxygen atoms in total. The SMILES string of the molecule is O=C1Nc2ccc(Cl)cc2C(c2ccccc2Cl)=NC1=CN1CCOCC1. The fourth-order valence-corrected chi connectivity index (χ4v) is 3.46. The number of halogens is 2. The molecule has 4 rings (SSSR count). The Hall–Kier alpha value is -2.34. The van der Waals surface area contributed by atoms with Gasteiger partial charge >= 0.3 is 0 Å². The van der Waals surface area contributed by atoms with Crippen LogP contribution >= 0.6 is 23.2 Å². The maximum atomic E-state index is 12.8. The van der Waals surface area contributed by atoms with Crippen molar-refractivity contribution in [3.8, 4) is 0 Å². The Morgan fingerprint density at radius 2 is 1.85 bits per heavy atom. The largest absolute Gasteiger partial charge is 0.378 e. The van der Waals surface area contributed by atoms with Gasteiger partial charge < -0.3 is 15.0 Å². The van der Waals surface area contributed by atoms with E-state index in [-0.39, 0.29) is 5.91 Å². The van der Waals surface area contributed by atoms with E-state index in [1.165, 1.54) is 0 Å². The molecule has 0 aliphatic carbocycles. The number of anilines is 1. The topological polar surface area (TPSA) is 53.9 Å². The van der Waals surface area contributed by atoms with Crippen LogP contribution in [0.4, 0.5) is 5.69 Å². The quantitative estimate of drug-likeness (QED) is 0.774. The molecule has 0 aromatic heterocycles. The second-order valence-corrected chi connectivity index (χ2v) is 7.09. The Kier molecular flexibility index (Phi) is 5.16. The summed E-state index contributed by atoms with van der Waals surface area (Å²) in [6.45, 7) is 2.68. The van der Waals surface area contributed by atoms with Gasteiger partial charge in [-0.15, -0.1) is 0 Å². The first-order chi connectivity index (χ1) is 13.1. The zero-order chi connectivity index (χ0) is 18.8. The van der Waals surface area contributed by atoms with Crippen LogP contribution in [-0.2, 0) is 9.53 Å². The van der Waals surface area contributed by atoms with Crippen molar-refractivity contribution in [1.82, 2.24) is 4.90 Å². The molecule has 1 fully saturated rings. The van der Waals surface area contributed by atoms with Gasteiger partial charge in [-0.2, -0.15) is 0 Å². The van der Waals surface area contributed by atoms with Gasteiger partial charge in [-0.3, -0.25) is 4.79 Å². The minimum absolute atomic E-state index is 0.271. The van der Waals surface area contributed by atoms with E-state index in [0.29, 0.717) is 53.4 Å². The molecule has 138 valence electrons. The van der Waals surface area contributed by atoms with Crippen LogP contribution in [0.15, 0.2) is 59.4 Å². The molecule has 1 saturated heterocycles. The standard InChI is InChI=1S/C20H17Cl2N3O2/c21-13-5-6-17-15(11-13)19(14-3-1-2-4-16(14)22)23-18(20(26)24-17)12-25-7-9-27-10-8-25/h1-6,11-12H,7-10H2,(H,24,26). The summed E-state index contributed by atoms with van der Waals surface area (Å²) in [6.07, 6.45) is 1.78. The van der Waals surface area contributed by atoms with Crippen LogP contribution in [0, 0.1) is 0 Å². The van der Waals surface area contributed by atoms with Crippen LogP contribution in [0.2, 0.25) is 10.0 Å². The lowest BCUT2D eigenvalue weighted by atomic mass is 10.0. The van der Waals surface area contributed by atoms with Crippen molar-refractivity contribution < 1.29 is 9.53 Å². The monoisotopic (exact) mass is 401 g/mol. The summed E-state index contributed by atoms with van der Waals surface area (Å²) >= 11 is 12.6. The number of fused-ring (bicyclic) bond motifs is 1. The number of amides is 1. The van der Waals surface area contributed by atoms with E-state index in [1.54, 1.807) is 30.5 Å². The number of aliphatic imine (C=N–C) groups is 1. The van der Waals surface area contributed by atoms with Gasteiger partial charge in [0, 0.05) is 40.5 Å². The van der Waals surface area contributed by atoms with E-state index in [0.717, 1.165) is 11.1 Å². The number of benzene rings is 2. The van der Waals surface area contributed by atoms with Crippen LogP contribution in [0.3, 0.4) is 0 Å². The molecule has 2 aliphatic rings. The molecular weight excluding hydrogens is 385 g/mol. The number of benzodiazepines with no additional fused rings is 1. The highest BCUT2D eigenvalue weighted by atomic mass is 35.5. The van der Waals surface area contributed by atoms with Gasteiger partial charge in [0.05, 0.1) is 24.6 Å².